The van der Waals surface area contributed by atoms with Crippen molar-refractivity contribution >= 4 is 17.5 Å². The van der Waals surface area contributed by atoms with Crippen LogP contribution in [0.2, 0.25) is 0 Å². The summed E-state index contributed by atoms with van der Waals surface area (Å²) in [6.07, 6.45) is 1.28. The van der Waals surface area contributed by atoms with Gasteiger partial charge in [0, 0.05) is 35.8 Å². The number of hydrogen-bond acceptors (Lipinski definition) is 5. The van der Waals surface area contributed by atoms with E-state index >= 15 is 0 Å². The minimum Gasteiger partial charge on any atom is -0.493 e. The van der Waals surface area contributed by atoms with E-state index in [1.807, 2.05) is 36.4 Å². The van der Waals surface area contributed by atoms with Crippen LogP contribution in [0, 0.1) is 5.92 Å². The summed E-state index contributed by atoms with van der Waals surface area (Å²) < 4.78 is 16.8. The summed E-state index contributed by atoms with van der Waals surface area (Å²) in [5.74, 6) is 1.94. The second-order valence-corrected chi connectivity index (χ2v) is 7.69. The van der Waals surface area contributed by atoms with Gasteiger partial charge >= 0.3 is 0 Å². The summed E-state index contributed by atoms with van der Waals surface area (Å²) >= 11 is 0. The fraction of sp³-hybridized carbons (Fsp3) is 0.391. The smallest absolute Gasteiger partial charge is 0.263 e. The Morgan fingerprint density at radius 3 is 2.70 bits per heavy atom. The zero-order valence-corrected chi connectivity index (χ0v) is 17.4. The summed E-state index contributed by atoms with van der Waals surface area (Å²) in [7, 11) is 3.17. The quantitative estimate of drug-likeness (QED) is 0.790. The molecule has 0 aromatic heterocycles. The number of nitrogens with zero attached hydrogens (tertiary/aromatic N) is 1. The molecule has 1 heterocycles. The predicted octanol–water partition coefficient (Wildman–Crippen LogP) is 3.36. The lowest BCUT2D eigenvalue weighted by atomic mass is 10.1. The molecule has 0 bridgehead atoms. The molecule has 2 aliphatic rings. The van der Waals surface area contributed by atoms with Gasteiger partial charge in [-0.05, 0) is 44.0 Å². The number of hydrogen-bond donors (Lipinski definition) is 1. The monoisotopic (exact) mass is 410 g/mol. The number of anilines is 1. The van der Waals surface area contributed by atoms with Crippen molar-refractivity contribution in [3.8, 4) is 17.2 Å². The van der Waals surface area contributed by atoms with Gasteiger partial charge in [0.25, 0.3) is 5.91 Å². The first kappa shape index (κ1) is 20.1. The van der Waals surface area contributed by atoms with Gasteiger partial charge in [0.2, 0.25) is 5.91 Å². The Bertz CT molecular complexity index is 970. The Morgan fingerprint density at radius 2 is 2.00 bits per heavy atom. The zero-order valence-electron chi connectivity index (χ0n) is 17.4. The van der Waals surface area contributed by atoms with E-state index in [2.05, 4.69) is 5.32 Å². The number of amides is 2. The maximum atomic E-state index is 13.0. The molecule has 2 aromatic carbocycles. The summed E-state index contributed by atoms with van der Waals surface area (Å²) in [4.78, 5) is 26.8. The first-order valence-corrected chi connectivity index (χ1v) is 10.1. The van der Waals surface area contributed by atoms with E-state index in [0.29, 0.717) is 30.3 Å². The molecule has 7 nitrogen and oxygen atoms in total. The van der Waals surface area contributed by atoms with E-state index in [4.69, 9.17) is 14.2 Å². The number of fused-ring (bicyclic) bond motifs is 1. The van der Waals surface area contributed by atoms with E-state index in [0.717, 1.165) is 29.7 Å². The van der Waals surface area contributed by atoms with Gasteiger partial charge in [-0.25, -0.2) is 0 Å². The Balaban J connectivity index is 1.60. The summed E-state index contributed by atoms with van der Waals surface area (Å²) in [5.41, 5.74) is 2.41. The fourth-order valence-corrected chi connectivity index (χ4v) is 3.68. The molecular formula is C23H26N2O5. The Kier molecular flexibility index (Phi) is 5.53. The van der Waals surface area contributed by atoms with Crippen LogP contribution in [0.15, 0.2) is 36.4 Å². The second-order valence-electron chi connectivity index (χ2n) is 7.69. The van der Waals surface area contributed by atoms with Crippen LogP contribution in [-0.4, -0.2) is 37.0 Å². The number of benzene rings is 2. The Morgan fingerprint density at radius 1 is 1.20 bits per heavy atom. The van der Waals surface area contributed by atoms with Crippen molar-refractivity contribution in [2.45, 2.75) is 39.0 Å². The van der Waals surface area contributed by atoms with Crippen molar-refractivity contribution in [1.82, 2.24) is 4.90 Å². The average Bonchev–Trinajstić information content (AvgIpc) is 3.59. The van der Waals surface area contributed by atoms with Gasteiger partial charge in [0.15, 0.2) is 17.6 Å². The number of carbonyl (C=O) groups excluding carboxylic acids is 2. The van der Waals surface area contributed by atoms with Crippen molar-refractivity contribution in [1.29, 1.82) is 0 Å². The third-order valence-corrected chi connectivity index (χ3v) is 5.45. The highest BCUT2D eigenvalue weighted by molar-refractivity contribution is 5.94. The van der Waals surface area contributed by atoms with Crippen molar-refractivity contribution in [3.05, 3.63) is 47.5 Å². The molecule has 4 rings (SSSR count). The lowest BCUT2D eigenvalue weighted by Crippen LogP contribution is -2.37. The lowest BCUT2D eigenvalue weighted by molar-refractivity contribution is -0.138. The highest BCUT2D eigenvalue weighted by Gasteiger charge is 2.31. The number of nitrogens with one attached hydrogen (secondary N) is 1. The third-order valence-electron chi connectivity index (χ3n) is 5.45. The number of carbonyl (C=O) groups is 2. The van der Waals surface area contributed by atoms with Crippen LogP contribution < -0.4 is 19.5 Å². The Hall–Kier alpha value is -3.22. The first-order valence-electron chi connectivity index (χ1n) is 10.1. The average molecular weight is 410 g/mol. The minimum absolute atomic E-state index is 0.0481. The molecule has 1 unspecified atom stereocenters. The molecule has 1 atom stereocenters. The molecular weight excluding hydrogens is 384 g/mol. The van der Waals surface area contributed by atoms with Crippen molar-refractivity contribution in [2.24, 2.45) is 5.92 Å². The molecule has 7 heteroatoms. The number of ether oxygens (including phenoxy) is 3. The molecule has 1 fully saturated rings. The summed E-state index contributed by atoms with van der Waals surface area (Å²) in [6, 6.07) is 11.1. The molecule has 1 N–H and O–H groups in total. The highest BCUT2D eigenvalue weighted by Crippen LogP contribution is 2.35. The number of para-hydroxylation sites is 1. The second kappa shape index (κ2) is 8.26. The van der Waals surface area contributed by atoms with E-state index in [1.165, 1.54) is 0 Å². The molecule has 0 saturated heterocycles. The van der Waals surface area contributed by atoms with Gasteiger partial charge in [-0.2, -0.15) is 0 Å². The zero-order chi connectivity index (χ0) is 21.3. The van der Waals surface area contributed by atoms with Crippen LogP contribution >= 0.6 is 0 Å². The van der Waals surface area contributed by atoms with Gasteiger partial charge in [0.1, 0.15) is 5.75 Å². The van der Waals surface area contributed by atoms with Crippen LogP contribution in [0.1, 0.15) is 30.9 Å². The number of methoxy groups -OCH3 is 2. The van der Waals surface area contributed by atoms with Crippen LogP contribution in [-0.2, 0) is 22.7 Å². The molecule has 30 heavy (non-hydrogen) atoms. The van der Waals surface area contributed by atoms with Crippen LogP contribution in [0.4, 0.5) is 5.69 Å². The molecule has 1 aliphatic carbocycles. The van der Waals surface area contributed by atoms with E-state index in [1.54, 1.807) is 26.0 Å². The van der Waals surface area contributed by atoms with Gasteiger partial charge in [-0.3, -0.25) is 9.59 Å². The van der Waals surface area contributed by atoms with Crippen molar-refractivity contribution in [2.75, 3.05) is 19.5 Å². The van der Waals surface area contributed by atoms with Crippen LogP contribution in [0.5, 0.6) is 17.2 Å². The van der Waals surface area contributed by atoms with Gasteiger partial charge in [-0.1, -0.05) is 12.1 Å². The molecule has 0 radical (unpaired) electrons. The standard InChI is InChI=1S/C23H26N2O5/c1-14-23(27)25(12-16-5-4-6-20(28-2)21(16)29-3)13-17-11-18(9-10-19(17)30-14)24-22(26)15-7-8-15/h4-6,9-11,14-15H,7-8,12-13H2,1-3H3,(H,24,26). The van der Waals surface area contributed by atoms with Crippen molar-refractivity contribution in [3.63, 3.8) is 0 Å². The highest BCUT2D eigenvalue weighted by atomic mass is 16.5. The summed E-state index contributed by atoms with van der Waals surface area (Å²) in [6.45, 7) is 2.47. The summed E-state index contributed by atoms with van der Waals surface area (Å²) in [5, 5.41) is 2.96. The third kappa shape index (κ3) is 4.06. The maximum Gasteiger partial charge on any atom is 0.263 e. The number of rotatable bonds is 6. The van der Waals surface area contributed by atoms with Crippen LogP contribution in [0.3, 0.4) is 0 Å². The molecule has 0 spiro atoms. The van der Waals surface area contributed by atoms with E-state index in [9.17, 15) is 9.59 Å². The van der Waals surface area contributed by atoms with E-state index < -0.39 is 6.10 Å². The Labute approximate surface area is 175 Å². The fourth-order valence-electron chi connectivity index (χ4n) is 3.68. The van der Waals surface area contributed by atoms with Gasteiger partial charge in [-0.15, -0.1) is 0 Å². The topological polar surface area (TPSA) is 77.1 Å². The van der Waals surface area contributed by atoms with Crippen LogP contribution in [0.25, 0.3) is 0 Å². The molecule has 1 aliphatic heterocycles. The first-order chi connectivity index (χ1) is 14.5. The van der Waals surface area contributed by atoms with Gasteiger partial charge < -0.3 is 24.4 Å². The van der Waals surface area contributed by atoms with E-state index in [-0.39, 0.29) is 17.7 Å². The van der Waals surface area contributed by atoms with Gasteiger partial charge in [0.05, 0.1) is 14.2 Å². The molecule has 1 saturated carbocycles. The lowest BCUT2D eigenvalue weighted by Gasteiger charge is -2.24. The minimum atomic E-state index is -0.616. The van der Waals surface area contributed by atoms with Crippen molar-refractivity contribution < 1.29 is 23.8 Å². The molecule has 2 amide bonds. The maximum absolute atomic E-state index is 13.0. The SMILES string of the molecule is COc1cccc(CN2Cc3cc(NC(=O)C4CC4)ccc3OC(C)C2=O)c1OC. The molecule has 158 valence electrons. The largest absolute Gasteiger partial charge is 0.493 e. The normalized spacial score (nSPS) is 18.2. The predicted molar refractivity (Wildman–Crippen MR) is 112 cm³/mol. The molecule has 2 aromatic rings.